The van der Waals surface area contributed by atoms with Gasteiger partial charge in [-0.15, -0.1) is 10.2 Å². The maximum absolute atomic E-state index is 5.67. The summed E-state index contributed by atoms with van der Waals surface area (Å²) in [5, 5.41) is 11.1. The molecule has 2 rings (SSSR count). The number of nitrogens with two attached hydrogens (primary N) is 1. The number of rotatable bonds is 4. The molecule has 0 saturated heterocycles. The average Bonchev–Trinajstić information content (AvgIpc) is 2.75. The standard InChI is InChI=1S/C10H16N6/c1-10(2,5-11)6-13-8-9-15-14-7-16(9)4-3-12-8/h3-4,7H,5-6,11H2,1-2H3,(H,12,13). The van der Waals surface area contributed by atoms with Gasteiger partial charge in [-0.1, -0.05) is 13.8 Å². The van der Waals surface area contributed by atoms with E-state index in [4.69, 9.17) is 5.73 Å². The minimum Gasteiger partial charge on any atom is -0.366 e. The molecule has 0 spiro atoms. The number of nitrogens with one attached hydrogen (secondary N) is 1. The van der Waals surface area contributed by atoms with Crippen LogP contribution < -0.4 is 11.1 Å². The summed E-state index contributed by atoms with van der Waals surface area (Å²) < 4.78 is 1.82. The van der Waals surface area contributed by atoms with E-state index >= 15 is 0 Å². The van der Waals surface area contributed by atoms with E-state index in [0.717, 1.165) is 18.0 Å². The second kappa shape index (κ2) is 4.05. The zero-order valence-corrected chi connectivity index (χ0v) is 9.51. The van der Waals surface area contributed by atoms with Gasteiger partial charge in [0, 0.05) is 18.9 Å². The molecule has 86 valence electrons. The Morgan fingerprint density at radius 1 is 1.50 bits per heavy atom. The summed E-state index contributed by atoms with van der Waals surface area (Å²) in [6.45, 7) is 5.58. The van der Waals surface area contributed by atoms with E-state index < -0.39 is 0 Å². The van der Waals surface area contributed by atoms with Crippen molar-refractivity contribution in [2.24, 2.45) is 11.1 Å². The van der Waals surface area contributed by atoms with Crippen molar-refractivity contribution >= 4 is 11.5 Å². The van der Waals surface area contributed by atoms with Crippen LogP contribution in [0, 0.1) is 5.41 Å². The van der Waals surface area contributed by atoms with E-state index in [1.54, 1.807) is 12.5 Å². The molecule has 16 heavy (non-hydrogen) atoms. The zero-order valence-electron chi connectivity index (χ0n) is 9.51. The number of anilines is 1. The van der Waals surface area contributed by atoms with Crippen LogP contribution in [0.15, 0.2) is 18.7 Å². The molecule has 2 aromatic heterocycles. The van der Waals surface area contributed by atoms with Gasteiger partial charge >= 0.3 is 0 Å². The lowest BCUT2D eigenvalue weighted by molar-refractivity contribution is 0.405. The first-order valence-corrected chi connectivity index (χ1v) is 5.21. The van der Waals surface area contributed by atoms with Crippen molar-refractivity contribution in [2.45, 2.75) is 13.8 Å². The molecule has 0 aliphatic heterocycles. The van der Waals surface area contributed by atoms with Crippen LogP contribution in [0.4, 0.5) is 5.82 Å². The second-order valence-corrected chi connectivity index (χ2v) is 4.56. The number of hydrogen-bond donors (Lipinski definition) is 2. The second-order valence-electron chi connectivity index (χ2n) is 4.56. The topological polar surface area (TPSA) is 81.1 Å². The predicted octanol–water partition coefficient (Wildman–Crippen LogP) is 0.521. The molecule has 0 saturated carbocycles. The Labute approximate surface area is 93.9 Å². The number of nitrogens with zero attached hydrogens (tertiary/aromatic N) is 4. The highest BCUT2D eigenvalue weighted by Crippen LogP contribution is 2.15. The van der Waals surface area contributed by atoms with Crippen molar-refractivity contribution in [1.29, 1.82) is 0 Å². The van der Waals surface area contributed by atoms with Gasteiger partial charge in [-0.25, -0.2) is 4.98 Å². The Bertz CT molecular complexity index is 475. The Morgan fingerprint density at radius 3 is 3.06 bits per heavy atom. The van der Waals surface area contributed by atoms with Crippen LogP contribution >= 0.6 is 0 Å². The molecule has 2 heterocycles. The molecule has 0 aliphatic rings. The van der Waals surface area contributed by atoms with Crippen molar-refractivity contribution < 1.29 is 0 Å². The Kier molecular flexibility index (Phi) is 2.74. The zero-order chi connectivity index (χ0) is 11.6. The minimum atomic E-state index is 0.0362. The predicted molar refractivity (Wildman–Crippen MR) is 62.1 cm³/mol. The lowest BCUT2D eigenvalue weighted by Gasteiger charge is -2.22. The number of fused-ring (bicyclic) bond motifs is 1. The molecule has 0 unspecified atom stereocenters. The van der Waals surface area contributed by atoms with Gasteiger partial charge < -0.3 is 11.1 Å². The van der Waals surface area contributed by atoms with Crippen LogP contribution in [-0.4, -0.2) is 32.7 Å². The third kappa shape index (κ3) is 2.11. The summed E-state index contributed by atoms with van der Waals surface area (Å²) >= 11 is 0. The van der Waals surface area contributed by atoms with E-state index in [2.05, 4.69) is 34.3 Å². The van der Waals surface area contributed by atoms with Gasteiger partial charge in [0.1, 0.15) is 6.33 Å². The molecule has 2 aromatic rings. The quantitative estimate of drug-likeness (QED) is 0.785. The van der Waals surface area contributed by atoms with Crippen LogP contribution in [0.3, 0.4) is 0 Å². The summed E-state index contributed by atoms with van der Waals surface area (Å²) in [6.07, 6.45) is 5.18. The fourth-order valence-corrected chi connectivity index (χ4v) is 1.28. The molecule has 0 bridgehead atoms. The Hall–Kier alpha value is -1.69. The first-order valence-electron chi connectivity index (χ1n) is 5.21. The van der Waals surface area contributed by atoms with E-state index in [9.17, 15) is 0 Å². The number of aromatic nitrogens is 4. The fourth-order valence-electron chi connectivity index (χ4n) is 1.28. The summed E-state index contributed by atoms with van der Waals surface area (Å²) in [7, 11) is 0. The van der Waals surface area contributed by atoms with Crippen LogP contribution in [0.2, 0.25) is 0 Å². The summed E-state index contributed by atoms with van der Waals surface area (Å²) in [4.78, 5) is 4.24. The lowest BCUT2D eigenvalue weighted by Crippen LogP contribution is -2.31. The first kappa shape index (κ1) is 10.8. The van der Waals surface area contributed by atoms with Gasteiger partial charge in [0.2, 0.25) is 5.65 Å². The molecule has 6 nitrogen and oxygen atoms in total. The Morgan fingerprint density at radius 2 is 2.31 bits per heavy atom. The van der Waals surface area contributed by atoms with Gasteiger partial charge in [0.05, 0.1) is 0 Å². The van der Waals surface area contributed by atoms with E-state index in [1.807, 2.05) is 10.6 Å². The summed E-state index contributed by atoms with van der Waals surface area (Å²) in [5.74, 6) is 0.738. The van der Waals surface area contributed by atoms with Gasteiger partial charge in [0.15, 0.2) is 5.82 Å². The van der Waals surface area contributed by atoms with Crippen LogP contribution in [0.1, 0.15) is 13.8 Å². The van der Waals surface area contributed by atoms with Gasteiger partial charge in [-0.2, -0.15) is 0 Å². The maximum atomic E-state index is 5.67. The fraction of sp³-hybridized carbons (Fsp3) is 0.500. The average molecular weight is 220 g/mol. The molecule has 0 aliphatic carbocycles. The minimum absolute atomic E-state index is 0.0362. The largest absolute Gasteiger partial charge is 0.366 e. The maximum Gasteiger partial charge on any atom is 0.203 e. The normalized spacial score (nSPS) is 11.9. The van der Waals surface area contributed by atoms with Gasteiger partial charge in [-0.05, 0) is 12.0 Å². The van der Waals surface area contributed by atoms with Crippen molar-refractivity contribution in [1.82, 2.24) is 19.6 Å². The molecule has 0 atom stereocenters. The third-order valence-corrected chi connectivity index (χ3v) is 2.50. The van der Waals surface area contributed by atoms with Crippen LogP contribution in [-0.2, 0) is 0 Å². The van der Waals surface area contributed by atoms with E-state index in [-0.39, 0.29) is 5.41 Å². The Balaban J connectivity index is 2.18. The highest BCUT2D eigenvalue weighted by molar-refractivity contribution is 5.61. The molecule has 0 amide bonds. The van der Waals surface area contributed by atoms with Crippen molar-refractivity contribution in [3.05, 3.63) is 18.7 Å². The highest BCUT2D eigenvalue weighted by Gasteiger charge is 2.16. The molecule has 0 aromatic carbocycles. The summed E-state index contributed by atoms with van der Waals surface area (Å²) in [5.41, 5.74) is 6.44. The summed E-state index contributed by atoms with van der Waals surface area (Å²) in [6, 6.07) is 0. The molecule has 3 N–H and O–H groups in total. The SMILES string of the molecule is CC(C)(CN)CNc1nccn2cnnc12. The lowest BCUT2D eigenvalue weighted by atomic mass is 9.94. The van der Waals surface area contributed by atoms with Crippen molar-refractivity contribution in [3.8, 4) is 0 Å². The molecular formula is C10H16N6. The van der Waals surface area contributed by atoms with Crippen molar-refractivity contribution in [3.63, 3.8) is 0 Å². The van der Waals surface area contributed by atoms with Crippen LogP contribution in [0.25, 0.3) is 5.65 Å². The molecule has 0 fully saturated rings. The molecule has 0 radical (unpaired) electrons. The monoisotopic (exact) mass is 220 g/mol. The van der Waals surface area contributed by atoms with Crippen LogP contribution in [0.5, 0.6) is 0 Å². The van der Waals surface area contributed by atoms with Crippen molar-refractivity contribution in [2.75, 3.05) is 18.4 Å². The first-order chi connectivity index (χ1) is 7.62. The van der Waals surface area contributed by atoms with Gasteiger partial charge in [-0.3, -0.25) is 4.40 Å². The number of hydrogen-bond acceptors (Lipinski definition) is 5. The van der Waals surface area contributed by atoms with E-state index in [0.29, 0.717) is 6.54 Å². The smallest absolute Gasteiger partial charge is 0.203 e. The highest BCUT2D eigenvalue weighted by atomic mass is 15.2. The van der Waals surface area contributed by atoms with E-state index in [1.165, 1.54) is 0 Å². The molecular weight excluding hydrogens is 204 g/mol. The van der Waals surface area contributed by atoms with Gasteiger partial charge in [0.25, 0.3) is 0 Å². The molecule has 6 heteroatoms. The third-order valence-electron chi connectivity index (χ3n) is 2.50.